The number of amides is 1. The lowest BCUT2D eigenvalue weighted by Gasteiger charge is -2.34. The number of halogens is 1. The van der Waals surface area contributed by atoms with Crippen molar-refractivity contribution in [1.29, 1.82) is 0 Å². The fourth-order valence-electron chi connectivity index (χ4n) is 3.28. The first-order valence-corrected chi connectivity index (χ1v) is 9.36. The van der Waals surface area contributed by atoms with Crippen LogP contribution in [0.1, 0.15) is 16.2 Å². The predicted octanol–water partition coefficient (Wildman–Crippen LogP) is 2.84. The smallest absolute Gasteiger partial charge is 0.254 e. The maximum absolute atomic E-state index is 13.4. The quantitative estimate of drug-likeness (QED) is 0.660. The largest absolute Gasteiger partial charge is 0.497 e. The van der Waals surface area contributed by atoms with E-state index in [1.807, 2.05) is 24.3 Å². The van der Waals surface area contributed by atoms with Gasteiger partial charge in [-0.3, -0.25) is 9.69 Å². The van der Waals surface area contributed by atoms with Gasteiger partial charge in [0.05, 0.1) is 13.7 Å². The monoisotopic (exact) mass is 396 g/mol. The number of carbonyl (C=O) groups excluding carboxylic acids is 1. The van der Waals surface area contributed by atoms with E-state index in [4.69, 9.17) is 9.26 Å². The van der Waals surface area contributed by atoms with E-state index in [1.165, 1.54) is 12.1 Å². The van der Waals surface area contributed by atoms with E-state index in [1.54, 1.807) is 24.1 Å². The number of ether oxygens (including phenoxy) is 1. The molecule has 0 bridgehead atoms. The number of nitrogens with zero attached hydrogens (tertiary/aromatic N) is 4. The number of hydrogen-bond donors (Lipinski definition) is 0. The Hall–Kier alpha value is -3.26. The van der Waals surface area contributed by atoms with Crippen molar-refractivity contribution in [3.63, 3.8) is 0 Å². The molecule has 150 valence electrons. The third kappa shape index (κ3) is 4.43. The molecule has 4 rings (SSSR count). The zero-order chi connectivity index (χ0) is 20.2. The highest BCUT2D eigenvalue weighted by Crippen LogP contribution is 2.20. The van der Waals surface area contributed by atoms with E-state index < -0.39 is 5.82 Å². The van der Waals surface area contributed by atoms with Gasteiger partial charge in [0.2, 0.25) is 11.7 Å². The normalized spacial score (nSPS) is 14.8. The number of rotatable bonds is 5. The van der Waals surface area contributed by atoms with Crippen LogP contribution in [0.3, 0.4) is 0 Å². The molecule has 1 amide bonds. The average molecular weight is 396 g/mol. The van der Waals surface area contributed by atoms with Crippen LogP contribution in [0.4, 0.5) is 4.39 Å². The third-order valence-corrected chi connectivity index (χ3v) is 4.91. The second-order valence-corrected chi connectivity index (χ2v) is 6.82. The molecule has 8 heteroatoms. The molecule has 1 aromatic heterocycles. The van der Waals surface area contributed by atoms with Crippen LogP contribution in [0.2, 0.25) is 0 Å². The van der Waals surface area contributed by atoms with Crippen LogP contribution < -0.4 is 4.74 Å². The first-order valence-electron chi connectivity index (χ1n) is 9.36. The molecule has 0 atom stereocenters. The van der Waals surface area contributed by atoms with Gasteiger partial charge in [-0.05, 0) is 42.5 Å². The van der Waals surface area contributed by atoms with Crippen molar-refractivity contribution in [3.05, 3.63) is 65.8 Å². The molecule has 1 aliphatic rings. The number of aromatic nitrogens is 2. The lowest BCUT2D eigenvalue weighted by atomic mass is 10.1. The zero-order valence-corrected chi connectivity index (χ0v) is 16.0. The Morgan fingerprint density at radius 2 is 1.90 bits per heavy atom. The molecule has 1 fully saturated rings. The van der Waals surface area contributed by atoms with Crippen molar-refractivity contribution in [2.75, 3.05) is 33.3 Å². The summed E-state index contributed by atoms with van der Waals surface area (Å²) < 4.78 is 23.9. The molecule has 1 aliphatic heterocycles. The summed E-state index contributed by atoms with van der Waals surface area (Å²) in [4.78, 5) is 20.9. The standard InChI is InChI=1S/C21H21FN4O3/c1-28-18-7-5-15(6-8-18)20-23-19(29-24-20)14-25-9-11-26(12-10-25)21(27)16-3-2-4-17(22)13-16/h2-8,13H,9-12,14H2,1H3. The van der Waals surface area contributed by atoms with Crippen molar-refractivity contribution in [1.82, 2.24) is 19.9 Å². The molecule has 0 N–H and O–H groups in total. The van der Waals surface area contributed by atoms with Gasteiger partial charge in [0.1, 0.15) is 11.6 Å². The molecule has 0 spiro atoms. The first-order chi connectivity index (χ1) is 14.1. The molecule has 2 heterocycles. The van der Waals surface area contributed by atoms with E-state index in [0.29, 0.717) is 50.0 Å². The fraction of sp³-hybridized carbons (Fsp3) is 0.286. The number of hydrogen-bond acceptors (Lipinski definition) is 6. The second-order valence-electron chi connectivity index (χ2n) is 6.82. The van der Waals surface area contributed by atoms with Gasteiger partial charge >= 0.3 is 0 Å². The van der Waals surface area contributed by atoms with Gasteiger partial charge in [-0.2, -0.15) is 4.98 Å². The summed E-state index contributed by atoms with van der Waals surface area (Å²) in [6.07, 6.45) is 0. The summed E-state index contributed by atoms with van der Waals surface area (Å²) in [6.45, 7) is 3.01. The molecule has 29 heavy (non-hydrogen) atoms. The van der Waals surface area contributed by atoms with E-state index in [9.17, 15) is 9.18 Å². The molecule has 0 radical (unpaired) electrons. The number of methoxy groups -OCH3 is 1. The molecule has 0 aliphatic carbocycles. The summed E-state index contributed by atoms with van der Waals surface area (Å²) in [5, 5.41) is 4.04. The summed E-state index contributed by atoms with van der Waals surface area (Å²) >= 11 is 0. The van der Waals surface area contributed by atoms with Crippen molar-refractivity contribution < 1.29 is 18.4 Å². The minimum Gasteiger partial charge on any atom is -0.497 e. The van der Waals surface area contributed by atoms with E-state index in [-0.39, 0.29) is 5.91 Å². The van der Waals surface area contributed by atoms with Gasteiger partial charge < -0.3 is 14.2 Å². The number of benzene rings is 2. The fourth-order valence-corrected chi connectivity index (χ4v) is 3.28. The maximum atomic E-state index is 13.4. The molecule has 3 aromatic rings. The third-order valence-electron chi connectivity index (χ3n) is 4.91. The van der Waals surface area contributed by atoms with Crippen molar-refractivity contribution in [2.45, 2.75) is 6.54 Å². The van der Waals surface area contributed by atoms with Crippen molar-refractivity contribution in [2.24, 2.45) is 0 Å². The van der Waals surface area contributed by atoms with E-state index in [2.05, 4.69) is 15.0 Å². The summed E-state index contributed by atoms with van der Waals surface area (Å²) in [6, 6.07) is 13.2. The van der Waals surface area contributed by atoms with Crippen LogP contribution in [0.5, 0.6) is 5.75 Å². The molecule has 0 unspecified atom stereocenters. The number of piperazine rings is 1. The lowest BCUT2D eigenvalue weighted by Crippen LogP contribution is -2.48. The summed E-state index contributed by atoms with van der Waals surface area (Å²) in [5.41, 5.74) is 1.23. The molecule has 2 aromatic carbocycles. The highest BCUT2D eigenvalue weighted by atomic mass is 19.1. The molecule has 0 saturated carbocycles. The topological polar surface area (TPSA) is 71.7 Å². The van der Waals surface area contributed by atoms with Crippen LogP contribution in [-0.4, -0.2) is 59.1 Å². The minimum atomic E-state index is -0.404. The Morgan fingerprint density at radius 1 is 1.14 bits per heavy atom. The van der Waals surface area contributed by atoms with Crippen LogP contribution in [0.25, 0.3) is 11.4 Å². The summed E-state index contributed by atoms with van der Waals surface area (Å²) in [5.74, 6) is 1.27. The average Bonchev–Trinajstić information content (AvgIpc) is 3.22. The van der Waals surface area contributed by atoms with Crippen LogP contribution in [0.15, 0.2) is 53.1 Å². The molecular weight excluding hydrogens is 375 g/mol. The van der Waals surface area contributed by atoms with Crippen molar-refractivity contribution >= 4 is 5.91 Å². The van der Waals surface area contributed by atoms with Crippen molar-refractivity contribution in [3.8, 4) is 17.1 Å². The van der Waals surface area contributed by atoms with Crippen LogP contribution in [0, 0.1) is 5.82 Å². The van der Waals surface area contributed by atoms with Gasteiger partial charge in [0.25, 0.3) is 5.91 Å². The second kappa shape index (κ2) is 8.40. The Labute approximate surface area is 167 Å². The summed E-state index contributed by atoms with van der Waals surface area (Å²) in [7, 11) is 1.62. The lowest BCUT2D eigenvalue weighted by molar-refractivity contribution is 0.0614. The van der Waals surface area contributed by atoms with Gasteiger partial charge in [-0.1, -0.05) is 11.2 Å². The van der Waals surface area contributed by atoms with Gasteiger partial charge in [-0.25, -0.2) is 4.39 Å². The number of carbonyl (C=O) groups is 1. The Bertz CT molecular complexity index is 982. The van der Waals surface area contributed by atoms with Crippen LogP contribution >= 0.6 is 0 Å². The first kappa shape index (κ1) is 19.1. The maximum Gasteiger partial charge on any atom is 0.254 e. The van der Waals surface area contributed by atoms with E-state index in [0.717, 1.165) is 11.3 Å². The molecular formula is C21H21FN4O3. The predicted molar refractivity (Wildman–Crippen MR) is 104 cm³/mol. The Kier molecular flexibility index (Phi) is 5.53. The van der Waals surface area contributed by atoms with Crippen LogP contribution in [-0.2, 0) is 6.54 Å². The zero-order valence-electron chi connectivity index (χ0n) is 16.0. The SMILES string of the molecule is COc1ccc(-c2noc(CN3CCN(C(=O)c4cccc(F)c4)CC3)n2)cc1. The Morgan fingerprint density at radius 3 is 2.59 bits per heavy atom. The Balaban J connectivity index is 1.33. The highest BCUT2D eigenvalue weighted by molar-refractivity contribution is 5.94. The molecule has 7 nitrogen and oxygen atoms in total. The van der Waals surface area contributed by atoms with Gasteiger partial charge in [0.15, 0.2) is 0 Å². The van der Waals surface area contributed by atoms with Gasteiger partial charge in [0, 0.05) is 37.3 Å². The van der Waals surface area contributed by atoms with E-state index >= 15 is 0 Å². The van der Waals surface area contributed by atoms with Gasteiger partial charge in [-0.15, -0.1) is 0 Å². The highest BCUT2D eigenvalue weighted by Gasteiger charge is 2.23. The minimum absolute atomic E-state index is 0.149. The molecule has 1 saturated heterocycles.